The Kier molecular flexibility index (Phi) is 2.85. The Morgan fingerprint density at radius 3 is 3.00 bits per heavy atom. The minimum Gasteiger partial charge on any atom is -0.426 e. The third-order valence-electron chi connectivity index (χ3n) is 2.54. The summed E-state index contributed by atoms with van der Waals surface area (Å²) in [5, 5.41) is 0.483. The lowest BCUT2D eigenvalue weighted by Crippen LogP contribution is -2.04. The first-order valence-corrected chi connectivity index (χ1v) is 6.07. The van der Waals surface area contributed by atoms with Crippen molar-refractivity contribution in [3.8, 4) is 11.6 Å². The zero-order valence-corrected chi connectivity index (χ0v) is 10.8. The molecule has 3 heterocycles. The molecular formula is C12H8ClN3OS. The molecule has 0 aliphatic carbocycles. The summed E-state index contributed by atoms with van der Waals surface area (Å²) in [5.74, 6) is 1.42. The Morgan fingerprint density at radius 1 is 1.33 bits per heavy atom. The van der Waals surface area contributed by atoms with Gasteiger partial charge in [0.2, 0.25) is 0 Å². The van der Waals surface area contributed by atoms with Gasteiger partial charge in [-0.2, -0.15) is 4.98 Å². The average Bonchev–Trinajstić information content (AvgIpc) is 2.73. The van der Waals surface area contributed by atoms with Gasteiger partial charge in [0.1, 0.15) is 5.15 Å². The fourth-order valence-electron chi connectivity index (χ4n) is 1.75. The number of pyridine rings is 2. The Balaban J connectivity index is 2.00. The molecule has 0 N–H and O–H groups in total. The van der Waals surface area contributed by atoms with Gasteiger partial charge in [-0.3, -0.25) is 0 Å². The Hall–Kier alpha value is -1.72. The maximum atomic E-state index is 5.75. The van der Waals surface area contributed by atoms with Crippen LogP contribution < -0.4 is 0 Å². The number of hydrogen-bond acceptors (Lipinski definition) is 4. The molecule has 90 valence electrons. The van der Waals surface area contributed by atoms with Crippen molar-refractivity contribution in [3.05, 3.63) is 52.2 Å². The normalized spacial score (nSPS) is 10.9. The van der Waals surface area contributed by atoms with Crippen molar-refractivity contribution >= 4 is 23.8 Å². The van der Waals surface area contributed by atoms with E-state index < -0.39 is 0 Å². The Morgan fingerprint density at radius 2 is 2.22 bits per heavy atom. The van der Waals surface area contributed by atoms with Crippen molar-refractivity contribution in [1.29, 1.82) is 0 Å². The molecule has 1 aromatic heterocycles. The van der Waals surface area contributed by atoms with Gasteiger partial charge in [0.05, 0.1) is 6.54 Å². The van der Waals surface area contributed by atoms with Crippen LogP contribution in [-0.4, -0.2) is 14.5 Å². The Labute approximate surface area is 113 Å². The van der Waals surface area contributed by atoms with Gasteiger partial charge >= 0.3 is 0 Å². The van der Waals surface area contributed by atoms with Gasteiger partial charge in [-0.15, -0.1) is 0 Å². The molecule has 2 aliphatic heterocycles. The van der Waals surface area contributed by atoms with Gasteiger partial charge < -0.3 is 8.98 Å². The van der Waals surface area contributed by atoms with E-state index in [1.165, 1.54) is 0 Å². The van der Waals surface area contributed by atoms with Crippen LogP contribution in [0.1, 0.15) is 5.56 Å². The summed E-state index contributed by atoms with van der Waals surface area (Å²) in [7, 11) is 0. The minimum absolute atomic E-state index is 0.249. The molecule has 1 aromatic rings. The van der Waals surface area contributed by atoms with Crippen LogP contribution in [-0.2, 0) is 6.54 Å². The third kappa shape index (κ3) is 2.14. The molecule has 18 heavy (non-hydrogen) atoms. The highest BCUT2D eigenvalue weighted by molar-refractivity contribution is 7.71. The zero-order valence-electron chi connectivity index (χ0n) is 9.21. The number of rotatable bonds is 2. The van der Waals surface area contributed by atoms with Crippen LogP contribution >= 0.6 is 23.8 Å². The van der Waals surface area contributed by atoms with Crippen LogP contribution in [0.25, 0.3) is 11.6 Å². The lowest BCUT2D eigenvalue weighted by Gasteiger charge is -2.09. The molecular weight excluding hydrogens is 270 g/mol. The monoisotopic (exact) mass is 277 g/mol. The summed E-state index contributed by atoms with van der Waals surface area (Å²) in [5.41, 5.74) is 1.03. The van der Waals surface area contributed by atoms with Gasteiger partial charge in [0, 0.05) is 12.4 Å². The fourth-order valence-corrected chi connectivity index (χ4v) is 2.04. The van der Waals surface area contributed by atoms with E-state index in [1.807, 2.05) is 29.0 Å². The van der Waals surface area contributed by atoms with E-state index in [9.17, 15) is 0 Å². The second-order valence-electron chi connectivity index (χ2n) is 3.79. The number of fused-ring (bicyclic) bond motifs is 1. The van der Waals surface area contributed by atoms with Gasteiger partial charge in [-0.25, -0.2) is 4.98 Å². The smallest absolute Gasteiger partial charge is 0.291 e. The number of hydrogen-bond donors (Lipinski definition) is 0. The summed E-state index contributed by atoms with van der Waals surface area (Å²) >= 11 is 10.7. The topological polar surface area (TPSA) is 43.9 Å². The van der Waals surface area contributed by atoms with Crippen molar-refractivity contribution in [3.63, 3.8) is 0 Å². The van der Waals surface area contributed by atoms with E-state index in [0.29, 0.717) is 17.5 Å². The number of nitrogens with zero attached hydrogens (tertiary/aromatic N) is 3. The maximum Gasteiger partial charge on any atom is 0.291 e. The highest BCUT2D eigenvalue weighted by atomic mass is 35.5. The van der Waals surface area contributed by atoms with Crippen LogP contribution in [0.15, 0.2) is 41.1 Å². The molecule has 0 spiro atoms. The predicted octanol–water partition coefficient (Wildman–Crippen LogP) is 3.41. The van der Waals surface area contributed by atoms with Gasteiger partial charge in [-0.1, -0.05) is 17.7 Å². The number of aromatic nitrogens is 3. The highest BCUT2D eigenvalue weighted by Crippen LogP contribution is 2.21. The van der Waals surface area contributed by atoms with Crippen LogP contribution in [0.3, 0.4) is 0 Å². The van der Waals surface area contributed by atoms with E-state index in [2.05, 4.69) is 9.97 Å². The van der Waals surface area contributed by atoms with E-state index in [4.69, 9.17) is 28.2 Å². The lowest BCUT2D eigenvalue weighted by atomic mass is 10.2. The van der Waals surface area contributed by atoms with Crippen LogP contribution in [0.2, 0.25) is 5.15 Å². The van der Waals surface area contributed by atoms with E-state index in [1.54, 1.807) is 12.3 Å². The highest BCUT2D eigenvalue weighted by Gasteiger charge is 2.12. The minimum atomic E-state index is 0.249. The SMILES string of the molecule is S=c1nc2n(Cc3ccc(Cl)nc3)cccc-2o1. The Bertz CT molecular complexity index is 704. The van der Waals surface area contributed by atoms with Crippen LogP contribution in [0.5, 0.6) is 0 Å². The third-order valence-corrected chi connectivity index (χ3v) is 2.94. The molecule has 0 unspecified atom stereocenters. The molecule has 0 radical (unpaired) electrons. The second kappa shape index (κ2) is 4.51. The molecule has 0 bridgehead atoms. The average molecular weight is 278 g/mol. The molecule has 0 saturated heterocycles. The second-order valence-corrected chi connectivity index (χ2v) is 4.53. The summed E-state index contributed by atoms with van der Waals surface area (Å²) < 4.78 is 7.27. The molecule has 0 aromatic carbocycles. The van der Waals surface area contributed by atoms with E-state index in [-0.39, 0.29) is 4.84 Å². The zero-order chi connectivity index (χ0) is 12.5. The summed E-state index contributed by atoms with van der Waals surface area (Å²) in [6, 6.07) is 7.43. The predicted molar refractivity (Wildman–Crippen MR) is 70.3 cm³/mol. The molecule has 3 rings (SSSR count). The van der Waals surface area contributed by atoms with Crippen molar-refractivity contribution in [2.24, 2.45) is 0 Å². The van der Waals surface area contributed by atoms with Crippen molar-refractivity contribution < 1.29 is 4.42 Å². The summed E-state index contributed by atoms with van der Waals surface area (Å²) in [6.45, 7) is 0.642. The quantitative estimate of drug-likeness (QED) is 0.532. The molecule has 2 aliphatic rings. The standard InChI is InChI=1S/C12H8ClN3OS/c13-10-4-3-8(6-14-10)7-16-5-1-2-9-11(16)15-12(18)17-9/h1-6H,7H2. The summed E-state index contributed by atoms with van der Waals surface area (Å²) in [6.07, 6.45) is 3.66. The maximum absolute atomic E-state index is 5.75. The van der Waals surface area contributed by atoms with Crippen molar-refractivity contribution in [2.45, 2.75) is 6.54 Å². The van der Waals surface area contributed by atoms with Gasteiger partial charge in [0.25, 0.3) is 4.84 Å². The van der Waals surface area contributed by atoms with Crippen molar-refractivity contribution in [1.82, 2.24) is 14.5 Å². The van der Waals surface area contributed by atoms with E-state index in [0.717, 1.165) is 11.4 Å². The first-order valence-electron chi connectivity index (χ1n) is 5.29. The van der Waals surface area contributed by atoms with Crippen LogP contribution in [0, 0.1) is 4.84 Å². The number of halogens is 1. The molecule has 0 atom stereocenters. The summed E-state index contributed by atoms with van der Waals surface area (Å²) in [4.78, 5) is 8.49. The van der Waals surface area contributed by atoms with E-state index >= 15 is 0 Å². The molecule has 0 amide bonds. The van der Waals surface area contributed by atoms with Crippen LogP contribution in [0.4, 0.5) is 0 Å². The lowest BCUT2D eigenvalue weighted by molar-refractivity contribution is 0.554. The molecule has 6 heteroatoms. The van der Waals surface area contributed by atoms with Crippen molar-refractivity contribution in [2.75, 3.05) is 0 Å². The molecule has 0 saturated carbocycles. The fraction of sp³-hybridized carbons (Fsp3) is 0.0833. The molecule has 4 nitrogen and oxygen atoms in total. The first-order chi connectivity index (χ1) is 8.72. The number of oxazole rings is 1. The molecule has 0 fully saturated rings. The van der Waals surface area contributed by atoms with Gasteiger partial charge in [-0.05, 0) is 36.0 Å². The largest absolute Gasteiger partial charge is 0.426 e. The van der Waals surface area contributed by atoms with Gasteiger partial charge in [0.15, 0.2) is 11.6 Å². The first kappa shape index (κ1) is 11.4.